The van der Waals surface area contributed by atoms with Crippen molar-refractivity contribution in [3.8, 4) is 22.4 Å². The molecular formula is C19H17N. The number of rotatable bonds is 2. The summed E-state index contributed by atoms with van der Waals surface area (Å²) in [7, 11) is 0. The molecule has 0 aliphatic heterocycles. The van der Waals surface area contributed by atoms with Gasteiger partial charge >= 0.3 is 0 Å². The van der Waals surface area contributed by atoms with Gasteiger partial charge in [-0.25, -0.2) is 0 Å². The predicted octanol–water partition coefficient (Wildman–Crippen LogP) is 5.03. The van der Waals surface area contributed by atoms with Crippen molar-refractivity contribution in [2.45, 2.75) is 13.8 Å². The summed E-state index contributed by atoms with van der Waals surface area (Å²) in [5.74, 6) is 0. The van der Waals surface area contributed by atoms with Gasteiger partial charge in [-0.05, 0) is 36.5 Å². The third kappa shape index (κ3) is 2.48. The van der Waals surface area contributed by atoms with E-state index in [1.165, 1.54) is 6.20 Å². The maximum Gasteiger partial charge on any atom is 0.0708 e. The van der Waals surface area contributed by atoms with E-state index >= 15 is 0 Å². The van der Waals surface area contributed by atoms with E-state index in [1.54, 1.807) is 0 Å². The molecule has 0 bridgehead atoms. The minimum Gasteiger partial charge on any atom is -0.256 e. The van der Waals surface area contributed by atoms with Gasteiger partial charge < -0.3 is 0 Å². The van der Waals surface area contributed by atoms with Crippen LogP contribution < -0.4 is 0 Å². The molecule has 1 aromatic heterocycles. The van der Waals surface area contributed by atoms with E-state index < -0.39 is 6.85 Å². The van der Waals surface area contributed by atoms with Gasteiger partial charge in [0.1, 0.15) is 0 Å². The Hall–Kier alpha value is -2.41. The standard InChI is InChI=1S/C19H17N/c1-14-8-10-16(11-9-14)18-12-19(20-13-15(18)2)17-6-4-3-5-7-17/h3-13H,1-2H3/i2D3. The van der Waals surface area contributed by atoms with E-state index in [0.717, 1.165) is 22.4 Å². The van der Waals surface area contributed by atoms with Crippen molar-refractivity contribution in [2.24, 2.45) is 0 Å². The fraction of sp³-hybridized carbons (Fsp3) is 0.105. The Morgan fingerprint density at radius 1 is 0.900 bits per heavy atom. The number of benzene rings is 2. The molecule has 0 amide bonds. The zero-order valence-corrected chi connectivity index (χ0v) is 11.3. The number of pyridine rings is 1. The van der Waals surface area contributed by atoms with Crippen LogP contribution in [-0.2, 0) is 0 Å². The van der Waals surface area contributed by atoms with Crippen molar-refractivity contribution < 1.29 is 4.11 Å². The van der Waals surface area contributed by atoms with E-state index in [-0.39, 0.29) is 5.56 Å². The number of nitrogens with zero attached hydrogens (tertiary/aromatic N) is 1. The van der Waals surface area contributed by atoms with Crippen LogP contribution in [-0.4, -0.2) is 4.98 Å². The summed E-state index contributed by atoms with van der Waals surface area (Å²) < 4.78 is 23.3. The van der Waals surface area contributed by atoms with E-state index in [9.17, 15) is 0 Å². The first-order chi connectivity index (χ1) is 10.9. The van der Waals surface area contributed by atoms with Gasteiger partial charge in [0.25, 0.3) is 0 Å². The van der Waals surface area contributed by atoms with Crippen LogP contribution >= 0.6 is 0 Å². The lowest BCUT2D eigenvalue weighted by atomic mass is 9.99. The molecule has 1 heteroatoms. The van der Waals surface area contributed by atoms with Gasteiger partial charge in [0.05, 0.1) is 5.69 Å². The van der Waals surface area contributed by atoms with Crippen molar-refractivity contribution in [3.63, 3.8) is 0 Å². The molecule has 2 aromatic carbocycles. The summed E-state index contributed by atoms with van der Waals surface area (Å²) in [6, 6.07) is 19.5. The summed E-state index contributed by atoms with van der Waals surface area (Å²) in [5, 5.41) is 0. The first kappa shape index (κ1) is 9.49. The molecule has 0 aliphatic rings. The molecule has 1 heterocycles. The summed E-state index contributed by atoms with van der Waals surface area (Å²) in [6.07, 6.45) is 1.48. The molecule has 98 valence electrons. The molecule has 0 atom stereocenters. The van der Waals surface area contributed by atoms with Crippen LogP contribution in [0, 0.1) is 13.8 Å². The molecule has 3 rings (SSSR count). The second-order valence-corrected chi connectivity index (χ2v) is 4.85. The molecule has 0 aliphatic carbocycles. The highest BCUT2D eigenvalue weighted by Gasteiger charge is 2.06. The Labute approximate surface area is 124 Å². The van der Waals surface area contributed by atoms with Gasteiger partial charge in [0.15, 0.2) is 0 Å². The second-order valence-electron chi connectivity index (χ2n) is 4.85. The Bertz CT molecular complexity index is 806. The normalized spacial score (nSPS) is 13.3. The van der Waals surface area contributed by atoms with Crippen molar-refractivity contribution >= 4 is 0 Å². The average molecular weight is 262 g/mol. The quantitative estimate of drug-likeness (QED) is 0.631. The SMILES string of the molecule is [2H]C([2H])([2H])c1cnc(-c2ccccc2)cc1-c1ccc(C)cc1. The molecule has 0 saturated heterocycles. The van der Waals surface area contributed by atoms with Gasteiger partial charge in [-0.15, -0.1) is 0 Å². The van der Waals surface area contributed by atoms with Crippen molar-refractivity contribution in [2.75, 3.05) is 0 Å². The monoisotopic (exact) mass is 262 g/mol. The Balaban J connectivity index is 2.19. The molecule has 0 radical (unpaired) electrons. The molecule has 1 nitrogen and oxygen atoms in total. The van der Waals surface area contributed by atoms with Crippen molar-refractivity contribution in [1.29, 1.82) is 0 Å². The summed E-state index contributed by atoms with van der Waals surface area (Å²) in [6.45, 7) is -0.182. The van der Waals surface area contributed by atoms with Crippen LogP contribution in [0.15, 0.2) is 66.9 Å². The number of hydrogen-bond donors (Lipinski definition) is 0. The molecule has 0 N–H and O–H groups in total. The van der Waals surface area contributed by atoms with Gasteiger partial charge in [0.2, 0.25) is 0 Å². The predicted molar refractivity (Wildman–Crippen MR) is 84.6 cm³/mol. The highest BCUT2D eigenvalue weighted by atomic mass is 14.7. The fourth-order valence-electron chi connectivity index (χ4n) is 2.19. The van der Waals surface area contributed by atoms with Crippen molar-refractivity contribution in [3.05, 3.63) is 78.0 Å². The number of aryl methyl sites for hydroxylation is 2. The van der Waals surface area contributed by atoms with Gasteiger partial charge in [-0.1, -0.05) is 60.2 Å². The van der Waals surface area contributed by atoms with Crippen LogP contribution in [0.25, 0.3) is 22.4 Å². The first-order valence-electron chi connectivity index (χ1n) is 8.08. The summed E-state index contributed by atoms with van der Waals surface area (Å²) in [4.78, 5) is 4.36. The Morgan fingerprint density at radius 2 is 1.65 bits per heavy atom. The maximum absolute atomic E-state index is 7.77. The van der Waals surface area contributed by atoms with Gasteiger partial charge in [0, 0.05) is 15.9 Å². The smallest absolute Gasteiger partial charge is 0.0708 e. The number of hydrogen-bond acceptors (Lipinski definition) is 1. The zero-order chi connectivity index (χ0) is 16.4. The molecule has 0 fully saturated rings. The van der Waals surface area contributed by atoms with E-state index in [2.05, 4.69) is 4.98 Å². The van der Waals surface area contributed by atoms with Crippen LogP contribution in [0.2, 0.25) is 0 Å². The van der Waals surface area contributed by atoms with Crippen LogP contribution in [0.3, 0.4) is 0 Å². The maximum atomic E-state index is 7.77. The van der Waals surface area contributed by atoms with Crippen LogP contribution in [0.4, 0.5) is 0 Å². The lowest BCUT2D eigenvalue weighted by molar-refractivity contribution is 1.27. The molecular weight excluding hydrogens is 242 g/mol. The molecule has 0 spiro atoms. The lowest BCUT2D eigenvalue weighted by Gasteiger charge is -2.09. The molecule has 20 heavy (non-hydrogen) atoms. The zero-order valence-electron chi connectivity index (χ0n) is 14.3. The summed E-state index contributed by atoms with van der Waals surface area (Å²) >= 11 is 0. The van der Waals surface area contributed by atoms with E-state index in [4.69, 9.17) is 4.11 Å². The number of aromatic nitrogens is 1. The van der Waals surface area contributed by atoms with E-state index in [1.807, 2.05) is 67.6 Å². The molecule has 3 aromatic rings. The summed E-state index contributed by atoms with van der Waals surface area (Å²) in [5.41, 5.74) is 4.76. The first-order valence-corrected chi connectivity index (χ1v) is 6.58. The Kier molecular flexibility index (Phi) is 2.51. The van der Waals surface area contributed by atoms with Gasteiger partial charge in [-0.2, -0.15) is 0 Å². The Morgan fingerprint density at radius 3 is 2.35 bits per heavy atom. The van der Waals surface area contributed by atoms with Crippen LogP contribution in [0.1, 0.15) is 15.2 Å². The highest BCUT2D eigenvalue weighted by molar-refractivity contribution is 5.72. The minimum absolute atomic E-state index is 0.279. The highest BCUT2D eigenvalue weighted by Crippen LogP contribution is 2.27. The second kappa shape index (κ2) is 5.30. The lowest BCUT2D eigenvalue weighted by Crippen LogP contribution is -1.89. The minimum atomic E-state index is -2.19. The third-order valence-corrected chi connectivity index (χ3v) is 3.34. The molecule has 0 unspecified atom stereocenters. The molecule has 0 saturated carbocycles. The van der Waals surface area contributed by atoms with E-state index in [0.29, 0.717) is 5.56 Å². The topological polar surface area (TPSA) is 12.9 Å². The van der Waals surface area contributed by atoms with Gasteiger partial charge in [-0.3, -0.25) is 4.98 Å². The van der Waals surface area contributed by atoms with Crippen LogP contribution in [0.5, 0.6) is 0 Å². The third-order valence-electron chi connectivity index (χ3n) is 3.34. The fourth-order valence-corrected chi connectivity index (χ4v) is 2.19. The largest absolute Gasteiger partial charge is 0.256 e. The van der Waals surface area contributed by atoms with Crippen molar-refractivity contribution in [1.82, 2.24) is 4.98 Å². The average Bonchev–Trinajstić information content (AvgIpc) is 2.55.